The molecule has 0 bridgehead atoms. The Labute approximate surface area is 142 Å². The first-order valence-corrected chi connectivity index (χ1v) is 8.66. The molecule has 0 saturated carbocycles. The van der Waals surface area contributed by atoms with Crippen molar-refractivity contribution >= 4 is 22.6 Å². The zero-order valence-electron chi connectivity index (χ0n) is 14.2. The van der Waals surface area contributed by atoms with Crippen molar-refractivity contribution in [1.82, 2.24) is 9.80 Å². The molecule has 2 amide bonds. The highest BCUT2D eigenvalue weighted by atomic mass is 16.2. The molecule has 124 valence electrons. The predicted molar refractivity (Wildman–Crippen MR) is 93.4 cm³/mol. The summed E-state index contributed by atoms with van der Waals surface area (Å²) in [5, 5.41) is 2.37. The van der Waals surface area contributed by atoms with Crippen LogP contribution >= 0.6 is 0 Å². The highest BCUT2D eigenvalue weighted by Gasteiger charge is 2.45. The Morgan fingerprint density at radius 3 is 2.58 bits per heavy atom. The van der Waals surface area contributed by atoms with E-state index in [2.05, 4.69) is 31.2 Å². The summed E-state index contributed by atoms with van der Waals surface area (Å²) in [5.74, 6) is 0.192. The van der Waals surface area contributed by atoms with Gasteiger partial charge < -0.3 is 9.80 Å². The van der Waals surface area contributed by atoms with E-state index in [1.54, 1.807) is 9.80 Å². The van der Waals surface area contributed by atoms with Crippen LogP contribution in [0.1, 0.15) is 30.9 Å². The van der Waals surface area contributed by atoms with E-state index in [0.29, 0.717) is 6.54 Å². The van der Waals surface area contributed by atoms with Gasteiger partial charge in [0.15, 0.2) is 0 Å². The number of fused-ring (bicyclic) bond motifs is 2. The van der Waals surface area contributed by atoms with E-state index < -0.39 is 0 Å². The number of benzene rings is 2. The quantitative estimate of drug-likeness (QED) is 0.853. The third kappa shape index (κ3) is 2.20. The second kappa shape index (κ2) is 5.62. The van der Waals surface area contributed by atoms with E-state index >= 15 is 0 Å². The van der Waals surface area contributed by atoms with Crippen LogP contribution in [0.2, 0.25) is 0 Å². The fourth-order valence-corrected chi connectivity index (χ4v) is 4.09. The topological polar surface area (TPSA) is 40.6 Å². The minimum absolute atomic E-state index is 0.0912. The van der Waals surface area contributed by atoms with Gasteiger partial charge in [-0.05, 0) is 48.6 Å². The third-order valence-corrected chi connectivity index (χ3v) is 5.50. The van der Waals surface area contributed by atoms with Crippen molar-refractivity contribution in [2.75, 3.05) is 6.54 Å². The number of hydrogen-bond acceptors (Lipinski definition) is 2. The Hall–Kier alpha value is -2.36. The van der Waals surface area contributed by atoms with Gasteiger partial charge in [-0.2, -0.15) is 0 Å². The highest BCUT2D eigenvalue weighted by molar-refractivity contribution is 5.97. The summed E-state index contributed by atoms with van der Waals surface area (Å²) in [5.41, 5.74) is 2.33. The van der Waals surface area contributed by atoms with Gasteiger partial charge in [0.1, 0.15) is 12.1 Å². The number of carbonyl (C=O) groups is 2. The van der Waals surface area contributed by atoms with Gasteiger partial charge in [-0.1, -0.05) is 36.4 Å². The van der Waals surface area contributed by atoms with Crippen molar-refractivity contribution in [3.63, 3.8) is 0 Å². The van der Waals surface area contributed by atoms with E-state index in [-0.39, 0.29) is 23.9 Å². The average molecular weight is 322 g/mol. The number of nitrogens with zero attached hydrogens (tertiary/aromatic N) is 2. The summed E-state index contributed by atoms with van der Waals surface area (Å²) >= 11 is 0. The predicted octanol–water partition coefficient (Wildman–Crippen LogP) is 2.87. The van der Waals surface area contributed by atoms with Crippen molar-refractivity contribution in [2.45, 2.75) is 45.3 Å². The molecule has 2 aromatic rings. The van der Waals surface area contributed by atoms with Crippen LogP contribution in [-0.2, 0) is 16.1 Å². The average Bonchev–Trinajstić information content (AvgIpc) is 3.09. The fourth-order valence-electron chi connectivity index (χ4n) is 4.09. The Bertz CT molecular complexity index is 829. The van der Waals surface area contributed by atoms with Crippen LogP contribution < -0.4 is 0 Å². The molecule has 0 unspecified atom stereocenters. The first-order valence-electron chi connectivity index (χ1n) is 8.66. The van der Waals surface area contributed by atoms with E-state index in [4.69, 9.17) is 0 Å². The second-order valence-corrected chi connectivity index (χ2v) is 6.92. The molecule has 0 aliphatic carbocycles. The van der Waals surface area contributed by atoms with Crippen LogP contribution in [0.4, 0.5) is 0 Å². The first kappa shape index (κ1) is 15.2. The molecule has 2 saturated heterocycles. The number of rotatable bonds is 2. The number of hydrogen-bond donors (Lipinski definition) is 0. The van der Waals surface area contributed by atoms with E-state index in [9.17, 15) is 9.59 Å². The van der Waals surface area contributed by atoms with Gasteiger partial charge in [0.05, 0.1) is 0 Å². The molecule has 0 N–H and O–H groups in total. The van der Waals surface area contributed by atoms with Crippen molar-refractivity contribution in [2.24, 2.45) is 0 Å². The molecule has 0 spiro atoms. The maximum Gasteiger partial charge on any atom is 0.246 e. The van der Waals surface area contributed by atoms with Crippen molar-refractivity contribution in [3.8, 4) is 0 Å². The number of aryl methyl sites for hydroxylation is 1. The molecular weight excluding hydrogens is 300 g/mol. The largest absolute Gasteiger partial charge is 0.329 e. The summed E-state index contributed by atoms with van der Waals surface area (Å²) in [6.07, 6.45) is 1.72. The van der Waals surface area contributed by atoms with Gasteiger partial charge in [0.25, 0.3) is 0 Å². The molecular formula is C20H22N2O2. The Balaban J connectivity index is 1.71. The molecule has 4 nitrogen and oxygen atoms in total. The molecule has 4 rings (SSSR count). The molecule has 0 radical (unpaired) electrons. The van der Waals surface area contributed by atoms with Crippen LogP contribution in [0, 0.1) is 6.92 Å². The Kier molecular flexibility index (Phi) is 3.56. The molecule has 2 aliphatic rings. The molecule has 0 aromatic heterocycles. The summed E-state index contributed by atoms with van der Waals surface area (Å²) in [6.45, 7) is 5.17. The van der Waals surface area contributed by atoms with Gasteiger partial charge in [0.2, 0.25) is 11.8 Å². The normalized spacial score (nSPS) is 23.9. The number of piperazine rings is 1. The third-order valence-electron chi connectivity index (χ3n) is 5.50. The lowest BCUT2D eigenvalue weighted by Crippen LogP contribution is -2.61. The zero-order chi connectivity index (χ0) is 16.8. The number of amides is 2. The minimum atomic E-state index is -0.382. The van der Waals surface area contributed by atoms with Crippen LogP contribution in [0.5, 0.6) is 0 Å². The Morgan fingerprint density at radius 1 is 1.04 bits per heavy atom. The fraction of sp³-hybridized carbons (Fsp3) is 0.400. The van der Waals surface area contributed by atoms with Crippen LogP contribution in [-0.4, -0.2) is 40.2 Å². The lowest BCUT2D eigenvalue weighted by Gasteiger charge is -2.41. The zero-order valence-corrected chi connectivity index (χ0v) is 14.2. The smallest absolute Gasteiger partial charge is 0.246 e. The molecule has 2 aromatic carbocycles. The minimum Gasteiger partial charge on any atom is -0.329 e. The van der Waals surface area contributed by atoms with Crippen LogP contribution in [0.15, 0.2) is 36.4 Å². The molecule has 2 heterocycles. The molecule has 2 aliphatic heterocycles. The van der Waals surface area contributed by atoms with Crippen molar-refractivity contribution < 1.29 is 9.59 Å². The second-order valence-electron chi connectivity index (χ2n) is 6.92. The van der Waals surface area contributed by atoms with Crippen LogP contribution in [0.3, 0.4) is 0 Å². The lowest BCUT2D eigenvalue weighted by atomic mass is 9.98. The van der Waals surface area contributed by atoms with Gasteiger partial charge in [-0.25, -0.2) is 0 Å². The van der Waals surface area contributed by atoms with E-state index in [0.717, 1.165) is 24.9 Å². The molecule has 24 heavy (non-hydrogen) atoms. The van der Waals surface area contributed by atoms with Crippen LogP contribution in [0.25, 0.3) is 10.8 Å². The summed E-state index contributed by atoms with van der Waals surface area (Å²) in [4.78, 5) is 29.0. The lowest BCUT2D eigenvalue weighted by molar-refractivity contribution is -0.159. The van der Waals surface area contributed by atoms with Crippen molar-refractivity contribution in [3.05, 3.63) is 47.5 Å². The van der Waals surface area contributed by atoms with E-state index in [1.165, 1.54) is 16.3 Å². The molecule has 2 atom stereocenters. The monoisotopic (exact) mass is 322 g/mol. The maximum absolute atomic E-state index is 12.9. The first-order chi connectivity index (χ1) is 11.6. The molecule has 2 fully saturated rings. The summed E-state index contributed by atoms with van der Waals surface area (Å²) < 4.78 is 0. The molecule has 4 heteroatoms. The van der Waals surface area contributed by atoms with Crippen molar-refractivity contribution in [1.29, 1.82) is 0 Å². The van der Waals surface area contributed by atoms with Gasteiger partial charge in [-0.15, -0.1) is 0 Å². The van der Waals surface area contributed by atoms with Gasteiger partial charge in [0, 0.05) is 13.1 Å². The SMILES string of the molecule is Cc1ccc(CN2C(=O)[C@@H]3CCCN3C(=O)[C@@H]2C)c2ccccc12. The Morgan fingerprint density at radius 2 is 1.79 bits per heavy atom. The van der Waals surface area contributed by atoms with Gasteiger partial charge >= 0.3 is 0 Å². The van der Waals surface area contributed by atoms with E-state index in [1.807, 2.05) is 19.1 Å². The highest BCUT2D eigenvalue weighted by Crippen LogP contribution is 2.30. The summed E-state index contributed by atoms with van der Waals surface area (Å²) in [6, 6.07) is 11.8. The maximum atomic E-state index is 12.9. The standard InChI is InChI=1S/C20H22N2O2/c1-13-9-10-15(17-7-4-3-6-16(13)17)12-22-14(2)19(23)21-11-5-8-18(21)20(22)24/h3-4,6-7,9-10,14,18H,5,8,11-12H2,1-2H3/t14-,18-/m0/s1. The van der Waals surface area contributed by atoms with Gasteiger partial charge in [-0.3, -0.25) is 9.59 Å². The number of carbonyl (C=O) groups excluding carboxylic acids is 2. The summed E-state index contributed by atoms with van der Waals surface area (Å²) in [7, 11) is 0.